The minimum Gasteiger partial charge on any atom is -0.362 e. The van der Waals surface area contributed by atoms with E-state index in [4.69, 9.17) is 0 Å². The van der Waals surface area contributed by atoms with Crippen molar-refractivity contribution in [1.29, 1.82) is 0 Å². The summed E-state index contributed by atoms with van der Waals surface area (Å²) in [6.07, 6.45) is 4.47. The van der Waals surface area contributed by atoms with Crippen LogP contribution in [0, 0.1) is 5.92 Å². The molecule has 1 saturated heterocycles. The highest BCUT2D eigenvalue weighted by Crippen LogP contribution is 2.20. The number of nitrogens with one attached hydrogen (secondary N) is 2. The van der Waals surface area contributed by atoms with Crippen molar-refractivity contribution in [1.82, 2.24) is 20.5 Å². The normalized spacial score (nSPS) is 15.2. The number of hydrogen-bond acceptors (Lipinski definition) is 4. The Labute approximate surface area is 173 Å². The topological polar surface area (TPSA) is 72.9 Å². The van der Waals surface area contributed by atoms with Crippen molar-refractivity contribution in [3.63, 3.8) is 0 Å². The molecule has 7 nitrogen and oxygen atoms in total. The van der Waals surface area contributed by atoms with Gasteiger partial charge in [0.2, 0.25) is 5.91 Å². The van der Waals surface area contributed by atoms with Crippen molar-refractivity contribution < 1.29 is 4.79 Å². The van der Waals surface area contributed by atoms with E-state index >= 15 is 0 Å². The van der Waals surface area contributed by atoms with Crippen LogP contribution >= 0.6 is 24.0 Å². The summed E-state index contributed by atoms with van der Waals surface area (Å²) < 4.78 is 0. The van der Waals surface area contributed by atoms with Crippen molar-refractivity contribution in [2.24, 2.45) is 10.9 Å². The molecule has 0 saturated carbocycles. The van der Waals surface area contributed by atoms with Gasteiger partial charge in [-0.05, 0) is 24.8 Å². The van der Waals surface area contributed by atoms with Gasteiger partial charge < -0.3 is 20.4 Å². The lowest BCUT2D eigenvalue weighted by molar-refractivity contribution is -0.121. The molecule has 0 radical (unpaired) electrons. The van der Waals surface area contributed by atoms with E-state index in [2.05, 4.69) is 31.6 Å². The molecule has 2 rings (SSSR count). The average molecular weight is 474 g/mol. The van der Waals surface area contributed by atoms with Gasteiger partial charge in [0.05, 0.1) is 0 Å². The number of carbonyl (C=O) groups excluding carboxylic acids is 1. The Kier molecular flexibility index (Phi) is 9.68. The number of halogens is 1. The second-order valence-electron chi connectivity index (χ2n) is 6.59. The highest BCUT2D eigenvalue weighted by Gasteiger charge is 2.23. The van der Waals surface area contributed by atoms with E-state index in [0.29, 0.717) is 18.9 Å². The summed E-state index contributed by atoms with van der Waals surface area (Å²) in [6, 6.07) is 4.04. The first-order valence-electron chi connectivity index (χ1n) is 8.82. The molecule has 1 aliphatic heterocycles. The van der Waals surface area contributed by atoms with Gasteiger partial charge in [-0.15, -0.1) is 24.0 Å². The Hall–Kier alpha value is -1.58. The lowest BCUT2D eigenvalue weighted by Gasteiger charge is -2.34. The molecule has 0 aliphatic carbocycles. The van der Waals surface area contributed by atoms with Crippen LogP contribution in [0.5, 0.6) is 0 Å². The monoisotopic (exact) mass is 474 g/mol. The zero-order valence-corrected chi connectivity index (χ0v) is 18.5. The minimum absolute atomic E-state index is 0. The Balaban J connectivity index is 0.00000338. The number of carbonyl (C=O) groups is 1. The first-order chi connectivity index (χ1) is 12.0. The number of hydrogen-bond donors (Lipinski definition) is 2. The Morgan fingerprint density at radius 2 is 2.08 bits per heavy atom. The molecule has 2 heterocycles. The second-order valence-corrected chi connectivity index (χ2v) is 6.59. The van der Waals surface area contributed by atoms with Gasteiger partial charge in [0.15, 0.2) is 5.96 Å². The first-order valence-corrected chi connectivity index (χ1v) is 8.82. The van der Waals surface area contributed by atoms with E-state index in [0.717, 1.165) is 43.3 Å². The van der Waals surface area contributed by atoms with Gasteiger partial charge in [-0.1, -0.05) is 6.07 Å². The van der Waals surface area contributed by atoms with Gasteiger partial charge in [-0.2, -0.15) is 0 Å². The molecule has 1 aliphatic rings. The number of amides is 1. The van der Waals surface area contributed by atoms with E-state index < -0.39 is 0 Å². The number of rotatable bonds is 5. The van der Waals surface area contributed by atoms with Gasteiger partial charge in [-0.25, -0.2) is 4.98 Å². The Morgan fingerprint density at radius 3 is 2.65 bits per heavy atom. The summed E-state index contributed by atoms with van der Waals surface area (Å²) in [5.74, 6) is 2.48. The van der Waals surface area contributed by atoms with Gasteiger partial charge in [-0.3, -0.25) is 9.79 Å². The summed E-state index contributed by atoms with van der Waals surface area (Å²) in [4.78, 5) is 24.7. The van der Waals surface area contributed by atoms with Crippen LogP contribution in [-0.4, -0.2) is 63.0 Å². The van der Waals surface area contributed by atoms with Gasteiger partial charge >= 0.3 is 0 Å². The maximum absolute atomic E-state index is 11.5. The van der Waals surface area contributed by atoms with Crippen LogP contribution in [0.15, 0.2) is 23.3 Å². The number of aromatic nitrogens is 1. The zero-order chi connectivity index (χ0) is 18.2. The third-order valence-corrected chi connectivity index (χ3v) is 4.61. The number of guanidine groups is 1. The van der Waals surface area contributed by atoms with Gasteiger partial charge in [0, 0.05) is 66.0 Å². The van der Waals surface area contributed by atoms with E-state index in [1.54, 1.807) is 7.05 Å². The van der Waals surface area contributed by atoms with Crippen LogP contribution < -0.4 is 15.5 Å². The molecular formula is C18H31IN6O. The number of aliphatic imine (C=N–C) groups is 1. The Morgan fingerprint density at radius 1 is 1.38 bits per heavy atom. The number of nitrogens with zero attached hydrogens (tertiary/aromatic N) is 4. The van der Waals surface area contributed by atoms with Crippen LogP contribution in [0.3, 0.4) is 0 Å². The molecule has 26 heavy (non-hydrogen) atoms. The molecular weight excluding hydrogens is 443 g/mol. The van der Waals surface area contributed by atoms with E-state index in [1.165, 1.54) is 0 Å². The molecule has 1 aromatic rings. The predicted octanol–water partition coefficient (Wildman–Crippen LogP) is 1.69. The molecule has 0 unspecified atom stereocenters. The molecule has 0 spiro atoms. The predicted molar refractivity (Wildman–Crippen MR) is 117 cm³/mol. The quantitative estimate of drug-likeness (QED) is 0.386. The SMILES string of the molecule is CN=C(NCc1cccnc1N(C)C)N1CCC(CC(=O)NC)CC1.I. The van der Waals surface area contributed by atoms with Crippen LogP contribution in [0.25, 0.3) is 0 Å². The molecule has 0 bridgehead atoms. The highest BCUT2D eigenvalue weighted by molar-refractivity contribution is 14.0. The van der Waals surface area contributed by atoms with Gasteiger partial charge in [0.25, 0.3) is 0 Å². The molecule has 8 heteroatoms. The lowest BCUT2D eigenvalue weighted by atomic mass is 9.93. The summed E-state index contributed by atoms with van der Waals surface area (Å²) in [5, 5.41) is 6.16. The number of piperidine rings is 1. The Bertz CT molecular complexity index is 599. The van der Waals surface area contributed by atoms with E-state index in [-0.39, 0.29) is 29.9 Å². The number of likely N-dealkylation sites (tertiary alicyclic amines) is 1. The van der Waals surface area contributed by atoms with Crippen molar-refractivity contribution in [2.45, 2.75) is 25.8 Å². The number of pyridine rings is 1. The lowest BCUT2D eigenvalue weighted by Crippen LogP contribution is -2.45. The van der Waals surface area contributed by atoms with E-state index in [1.807, 2.05) is 38.3 Å². The van der Waals surface area contributed by atoms with E-state index in [9.17, 15) is 4.79 Å². The molecule has 0 atom stereocenters. The van der Waals surface area contributed by atoms with Crippen molar-refractivity contribution in [2.75, 3.05) is 46.2 Å². The second kappa shape index (κ2) is 11.2. The van der Waals surface area contributed by atoms with Crippen molar-refractivity contribution in [3.8, 4) is 0 Å². The minimum atomic E-state index is 0. The average Bonchev–Trinajstić information content (AvgIpc) is 2.63. The molecule has 1 amide bonds. The molecule has 2 N–H and O–H groups in total. The maximum Gasteiger partial charge on any atom is 0.220 e. The van der Waals surface area contributed by atoms with Crippen LogP contribution in [0.4, 0.5) is 5.82 Å². The summed E-state index contributed by atoms with van der Waals surface area (Å²) in [6.45, 7) is 2.54. The zero-order valence-electron chi connectivity index (χ0n) is 16.2. The van der Waals surface area contributed by atoms with Crippen LogP contribution in [-0.2, 0) is 11.3 Å². The first kappa shape index (κ1) is 22.5. The van der Waals surface area contributed by atoms with Crippen molar-refractivity contribution >= 4 is 41.7 Å². The fourth-order valence-corrected chi connectivity index (χ4v) is 3.19. The molecule has 0 aromatic carbocycles. The standard InChI is InChI=1S/C18H30N6O.HI/c1-19-16(25)12-14-7-10-24(11-8-14)18(20-2)22-13-15-6-5-9-21-17(15)23(3)4;/h5-6,9,14H,7-8,10-13H2,1-4H3,(H,19,25)(H,20,22);1H. The van der Waals surface area contributed by atoms with Gasteiger partial charge in [0.1, 0.15) is 5.82 Å². The fraction of sp³-hybridized carbons (Fsp3) is 0.611. The third-order valence-electron chi connectivity index (χ3n) is 4.61. The third kappa shape index (κ3) is 6.30. The summed E-state index contributed by atoms with van der Waals surface area (Å²) in [5.41, 5.74) is 1.14. The smallest absolute Gasteiger partial charge is 0.220 e. The largest absolute Gasteiger partial charge is 0.362 e. The fourth-order valence-electron chi connectivity index (χ4n) is 3.19. The molecule has 1 fully saturated rings. The highest BCUT2D eigenvalue weighted by atomic mass is 127. The van der Waals surface area contributed by atoms with Crippen LogP contribution in [0.1, 0.15) is 24.8 Å². The maximum atomic E-state index is 11.5. The van der Waals surface area contributed by atoms with Crippen LogP contribution in [0.2, 0.25) is 0 Å². The van der Waals surface area contributed by atoms with Crippen molar-refractivity contribution in [3.05, 3.63) is 23.9 Å². The summed E-state index contributed by atoms with van der Waals surface area (Å²) in [7, 11) is 7.51. The number of anilines is 1. The molecule has 1 aromatic heterocycles. The molecule has 146 valence electrons. The summed E-state index contributed by atoms with van der Waals surface area (Å²) >= 11 is 0.